The van der Waals surface area contributed by atoms with Crippen molar-refractivity contribution < 1.29 is 19.4 Å². The molecule has 0 saturated heterocycles. The number of pyridine rings is 1. The molecule has 0 aliphatic rings. The Kier molecular flexibility index (Phi) is 7.22. The monoisotopic (exact) mass is 365 g/mol. The van der Waals surface area contributed by atoms with E-state index in [0.717, 1.165) is 0 Å². The molecule has 3 atom stereocenters. The second-order valence-corrected chi connectivity index (χ2v) is 6.26. The molecule has 0 aromatic carbocycles. The standard InChI is InChI=1S/C15H21Cl2NO5/c1-7(9(17)6-16)5-8(2)11(19)10-12(20)13(22-3)15(23-4)18-14(10)21/h7-9H,5-6H2,1-4H3,(H2,18,20,21)/t7-,8-,9-/m0/s1. The number of carbonyl (C=O) groups excluding carboxylic acids is 1. The van der Waals surface area contributed by atoms with E-state index in [4.69, 9.17) is 32.7 Å². The SMILES string of the molecule is COc1[nH]c(=O)c(C(=O)[C@@H](C)C[C@H](C)[C@@H](Cl)CCl)c(O)c1OC. The predicted molar refractivity (Wildman–Crippen MR) is 89.5 cm³/mol. The van der Waals surface area contributed by atoms with Crippen LogP contribution in [0.2, 0.25) is 0 Å². The summed E-state index contributed by atoms with van der Waals surface area (Å²) >= 11 is 11.8. The first-order valence-electron chi connectivity index (χ1n) is 7.09. The van der Waals surface area contributed by atoms with Crippen molar-refractivity contribution in [1.82, 2.24) is 4.98 Å². The lowest BCUT2D eigenvalue weighted by Crippen LogP contribution is -2.26. The number of Topliss-reactive ketones (excluding diaryl/α,β-unsaturated/α-hetero) is 1. The Morgan fingerprint density at radius 1 is 1.30 bits per heavy atom. The van der Waals surface area contributed by atoms with Crippen LogP contribution in [0.1, 0.15) is 30.6 Å². The number of H-pyrrole nitrogens is 1. The van der Waals surface area contributed by atoms with Crippen molar-refractivity contribution in [2.45, 2.75) is 25.6 Å². The minimum absolute atomic E-state index is 0.0190. The molecular formula is C15H21Cl2NO5. The molecule has 0 unspecified atom stereocenters. The van der Waals surface area contributed by atoms with Gasteiger partial charge in [-0.2, -0.15) is 0 Å². The lowest BCUT2D eigenvalue weighted by Gasteiger charge is -2.20. The summed E-state index contributed by atoms with van der Waals surface area (Å²) in [6, 6.07) is 0. The number of halogens is 2. The highest BCUT2D eigenvalue weighted by Crippen LogP contribution is 2.36. The number of methoxy groups -OCH3 is 2. The number of carbonyl (C=O) groups is 1. The summed E-state index contributed by atoms with van der Waals surface area (Å²) in [7, 11) is 2.61. The molecule has 0 radical (unpaired) electrons. The van der Waals surface area contributed by atoms with Gasteiger partial charge in [0.15, 0.2) is 11.5 Å². The molecule has 130 valence electrons. The molecular weight excluding hydrogens is 345 g/mol. The maximum Gasteiger partial charge on any atom is 0.265 e. The number of alkyl halides is 2. The van der Waals surface area contributed by atoms with Crippen LogP contribution in [0, 0.1) is 11.8 Å². The summed E-state index contributed by atoms with van der Waals surface area (Å²) < 4.78 is 9.91. The molecule has 0 fully saturated rings. The van der Waals surface area contributed by atoms with E-state index in [-0.39, 0.29) is 34.4 Å². The molecule has 0 bridgehead atoms. The minimum atomic E-state index is -0.732. The second kappa shape index (κ2) is 8.45. The lowest BCUT2D eigenvalue weighted by molar-refractivity contribution is 0.0908. The van der Waals surface area contributed by atoms with Crippen LogP contribution >= 0.6 is 23.2 Å². The number of ether oxygens (including phenoxy) is 2. The quantitative estimate of drug-likeness (QED) is 0.546. The number of hydrogen-bond acceptors (Lipinski definition) is 5. The molecule has 2 N–H and O–H groups in total. The molecule has 0 amide bonds. The Labute approximate surface area is 144 Å². The number of nitrogens with one attached hydrogen (secondary N) is 1. The van der Waals surface area contributed by atoms with Crippen LogP contribution in [-0.2, 0) is 0 Å². The summed E-state index contributed by atoms with van der Waals surface area (Å²) in [5.74, 6) is -1.42. The molecule has 8 heteroatoms. The average molecular weight is 366 g/mol. The average Bonchev–Trinajstić information content (AvgIpc) is 2.52. The molecule has 0 aliphatic carbocycles. The first-order valence-corrected chi connectivity index (χ1v) is 8.06. The smallest absolute Gasteiger partial charge is 0.265 e. The number of ketones is 1. The zero-order valence-corrected chi connectivity index (χ0v) is 15.0. The van der Waals surface area contributed by atoms with Crippen molar-refractivity contribution in [3.8, 4) is 17.4 Å². The molecule has 6 nitrogen and oxygen atoms in total. The minimum Gasteiger partial charge on any atom is -0.503 e. The molecule has 1 aromatic rings. The third-order valence-electron chi connectivity index (χ3n) is 3.70. The van der Waals surface area contributed by atoms with Crippen LogP contribution < -0.4 is 15.0 Å². The van der Waals surface area contributed by atoms with Gasteiger partial charge in [0, 0.05) is 17.2 Å². The van der Waals surface area contributed by atoms with Gasteiger partial charge >= 0.3 is 0 Å². The van der Waals surface area contributed by atoms with Gasteiger partial charge in [0.05, 0.1) is 14.2 Å². The van der Waals surface area contributed by atoms with Crippen molar-refractivity contribution >= 4 is 29.0 Å². The summed E-state index contributed by atoms with van der Waals surface area (Å²) in [5.41, 5.74) is -1.08. The zero-order chi connectivity index (χ0) is 17.7. The van der Waals surface area contributed by atoms with Crippen molar-refractivity contribution in [1.29, 1.82) is 0 Å². The molecule has 1 rings (SSSR count). The molecule has 23 heavy (non-hydrogen) atoms. The van der Waals surface area contributed by atoms with E-state index in [0.29, 0.717) is 6.42 Å². The van der Waals surface area contributed by atoms with Crippen LogP contribution in [0.4, 0.5) is 0 Å². The van der Waals surface area contributed by atoms with E-state index in [2.05, 4.69) is 4.98 Å². The summed E-state index contributed by atoms with van der Waals surface area (Å²) in [5, 5.41) is 9.92. The molecule has 1 heterocycles. The van der Waals surface area contributed by atoms with Crippen molar-refractivity contribution in [3.63, 3.8) is 0 Å². The number of aromatic nitrogens is 1. The van der Waals surface area contributed by atoms with Crippen LogP contribution in [-0.4, -0.2) is 41.4 Å². The van der Waals surface area contributed by atoms with Gasteiger partial charge in [0.25, 0.3) is 5.56 Å². The number of rotatable bonds is 8. The largest absolute Gasteiger partial charge is 0.503 e. The summed E-state index contributed by atoms with van der Waals surface area (Å²) in [6.07, 6.45) is 0.437. The van der Waals surface area contributed by atoms with Gasteiger partial charge in [-0.3, -0.25) is 14.6 Å². The highest BCUT2D eigenvalue weighted by Gasteiger charge is 2.29. The zero-order valence-electron chi connectivity index (χ0n) is 13.5. The Balaban J connectivity index is 3.15. The Morgan fingerprint density at radius 3 is 2.39 bits per heavy atom. The van der Waals surface area contributed by atoms with E-state index in [1.165, 1.54) is 14.2 Å². The maximum absolute atomic E-state index is 12.5. The van der Waals surface area contributed by atoms with Gasteiger partial charge in [0.1, 0.15) is 5.56 Å². The predicted octanol–water partition coefficient (Wildman–Crippen LogP) is 2.79. The molecule has 0 saturated carbocycles. The maximum atomic E-state index is 12.5. The number of aromatic hydroxyl groups is 1. The number of aromatic amines is 1. The van der Waals surface area contributed by atoms with Gasteiger partial charge in [-0.25, -0.2) is 0 Å². The topological polar surface area (TPSA) is 88.6 Å². The van der Waals surface area contributed by atoms with E-state index < -0.39 is 23.0 Å². The highest BCUT2D eigenvalue weighted by molar-refractivity contribution is 6.28. The van der Waals surface area contributed by atoms with Crippen LogP contribution in [0.25, 0.3) is 0 Å². The first-order chi connectivity index (χ1) is 10.8. The fourth-order valence-corrected chi connectivity index (χ4v) is 2.73. The van der Waals surface area contributed by atoms with Gasteiger partial charge in [0.2, 0.25) is 11.6 Å². The first kappa shape index (κ1) is 19.6. The summed E-state index contributed by atoms with van der Waals surface area (Å²) in [4.78, 5) is 27.0. The fraction of sp³-hybridized carbons (Fsp3) is 0.600. The highest BCUT2D eigenvalue weighted by atomic mass is 35.5. The summed E-state index contributed by atoms with van der Waals surface area (Å²) in [6.45, 7) is 3.55. The third kappa shape index (κ3) is 4.32. The van der Waals surface area contributed by atoms with E-state index in [9.17, 15) is 14.7 Å². The van der Waals surface area contributed by atoms with Crippen LogP contribution in [0.5, 0.6) is 17.4 Å². The Morgan fingerprint density at radius 2 is 1.91 bits per heavy atom. The fourth-order valence-electron chi connectivity index (χ4n) is 2.32. The third-order valence-corrected chi connectivity index (χ3v) is 4.78. The second-order valence-electron chi connectivity index (χ2n) is 5.39. The van der Waals surface area contributed by atoms with E-state index >= 15 is 0 Å². The molecule has 1 aromatic heterocycles. The normalized spacial score (nSPS) is 14.9. The molecule has 0 aliphatic heterocycles. The number of hydrogen-bond donors (Lipinski definition) is 2. The van der Waals surface area contributed by atoms with Crippen LogP contribution in [0.3, 0.4) is 0 Å². The van der Waals surface area contributed by atoms with Crippen LogP contribution in [0.15, 0.2) is 4.79 Å². The van der Waals surface area contributed by atoms with Gasteiger partial charge in [-0.05, 0) is 12.3 Å². The van der Waals surface area contributed by atoms with Crippen molar-refractivity contribution in [2.75, 3.05) is 20.1 Å². The van der Waals surface area contributed by atoms with Gasteiger partial charge in [-0.1, -0.05) is 13.8 Å². The van der Waals surface area contributed by atoms with Crippen molar-refractivity contribution in [3.05, 3.63) is 15.9 Å². The van der Waals surface area contributed by atoms with Gasteiger partial charge < -0.3 is 14.6 Å². The lowest BCUT2D eigenvalue weighted by atomic mass is 9.89. The van der Waals surface area contributed by atoms with E-state index in [1.54, 1.807) is 6.92 Å². The van der Waals surface area contributed by atoms with E-state index in [1.807, 2.05) is 6.92 Å². The molecule has 0 spiro atoms. The van der Waals surface area contributed by atoms with Gasteiger partial charge in [-0.15, -0.1) is 23.2 Å². The Bertz CT molecular complexity index is 617. The Hall–Kier alpha value is -1.40. The van der Waals surface area contributed by atoms with Crippen molar-refractivity contribution in [2.24, 2.45) is 11.8 Å².